The van der Waals surface area contributed by atoms with Crippen LogP contribution >= 0.6 is 0 Å². The number of hydrogen-bond acceptors (Lipinski definition) is 7. The highest BCUT2D eigenvalue weighted by Crippen LogP contribution is 2.30. The highest BCUT2D eigenvalue weighted by Gasteiger charge is 2.44. The molecule has 13 nitrogen and oxygen atoms in total. The number of likely N-dealkylation sites (tertiary alicyclic amines) is 1. The Balaban J connectivity index is 1.67. The average molecular weight is 613 g/mol. The summed E-state index contributed by atoms with van der Waals surface area (Å²) in [7, 11) is -3.67. The van der Waals surface area contributed by atoms with E-state index in [2.05, 4.69) is 26.0 Å². The summed E-state index contributed by atoms with van der Waals surface area (Å²) in [6, 6.07) is -2.76. The van der Waals surface area contributed by atoms with Crippen LogP contribution in [0.2, 0.25) is 0 Å². The minimum absolute atomic E-state index is 0.0215. The fourth-order valence-corrected chi connectivity index (χ4v) is 7.57. The van der Waals surface area contributed by atoms with Crippen molar-refractivity contribution in [3.8, 4) is 0 Å². The summed E-state index contributed by atoms with van der Waals surface area (Å²) in [5, 5.41) is 10.8. The summed E-state index contributed by atoms with van der Waals surface area (Å²) in [5.41, 5.74) is -1.71. The van der Waals surface area contributed by atoms with Gasteiger partial charge in [0, 0.05) is 18.6 Å². The minimum atomic E-state index is -3.67. The van der Waals surface area contributed by atoms with Crippen LogP contribution in [0, 0.1) is 5.41 Å². The maximum atomic E-state index is 13.8. The highest BCUT2D eigenvalue weighted by atomic mass is 32.2. The molecule has 3 rings (SSSR count). The smallest absolute Gasteiger partial charge is 0.315 e. The largest absolute Gasteiger partial charge is 0.347 e. The van der Waals surface area contributed by atoms with Crippen molar-refractivity contribution >= 4 is 39.6 Å². The molecule has 1 saturated heterocycles. The summed E-state index contributed by atoms with van der Waals surface area (Å²) in [5.74, 6) is -2.72. The monoisotopic (exact) mass is 612 g/mol. The lowest BCUT2D eigenvalue weighted by atomic mass is 9.83. The maximum Gasteiger partial charge on any atom is 0.315 e. The van der Waals surface area contributed by atoms with Crippen molar-refractivity contribution in [3.05, 3.63) is 0 Å². The van der Waals surface area contributed by atoms with E-state index in [1.165, 1.54) is 4.90 Å². The molecule has 0 aromatic carbocycles. The van der Waals surface area contributed by atoms with Gasteiger partial charge in [0.05, 0.1) is 17.8 Å². The Labute approximate surface area is 249 Å². The first-order valence-corrected chi connectivity index (χ1v) is 16.7. The Morgan fingerprint density at radius 1 is 0.952 bits per heavy atom. The van der Waals surface area contributed by atoms with Crippen molar-refractivity contribution in [2.45, 2.75) is 122 Å². The molecule has 2 saturated carbocycles. The summed E-state index contributed by atoms with van der Waals surface area (Å²) in [6.45, 7) is 8.70. The van der Waals surface area contributed by atoms with Gasteiger partial charge in [0.15, 0.2) is 0 Å². The number of Topliss-reactive ketones (excluding diaryl/α,β-unsaturated/α-hetero) is 1. The Kier molecular flexibility index (Phi) is 11.0. The molecule has 14 heteroatoms. The summed E-state index contributed by atoms with van der Waals surface area (Å²) < 4.78 is 28.2. The van der Waals surface area contributed by atoms with Gasteiger partial charge in [-0.1, -0.05) is 40.0 Å². The number of hydrogen-bond donors (Lipinski definition) is 5. The van der Waals surface area contributed by atoms with E-state index in [9.17, 15) is 32.4 Å². The second kappa shape index (κ2) is 13.7. The van der Waals surface area contributed by atoms with E-state index in [4.69, 9.17) is 0 Å². The molecule has 238 valence electrons. The predicted octanol–water partition coefficient (Wildman–Crippen LogP) is 0.686. The lowest BCUT2D eigenvalue weighted by molar-refractivity contribution is -0.142. The fourth-order valence-electron chi connectivity index (χ4n) is 5.68. The molecule has 0 unspecified atom stereocenters. The molecular weight excluding hydrogens is 564 g/mol. The normalized spacial score (nSPS) is 21.4. The van der Waals surface area contributed by atoms with E-state index < -0.39 is 69.1 Å². The Morgan fingerprint density at radius 3 is 2.17 bits per heavy atom. The molecule has 0 spiro atoms. The zero-order chi connectivity index (χ0) is 31.3. The van der Waals surface area contributed by atoms with Crippen molar-refractivity contribution in [2.75, 3.05) is 18.8 Å². The molecule has 5 amide bonds. The standard InChI is InChI=1S/C28H48N6O7S/c1-18(2)33-42(40,41)17-28(13-7-6-8-14-28)32-26(39)31-22(27(3,4)5)25(38)34-15-9-10-20(34)23(36)29-16-21(35)24(37)30-19-11-12-19/h18-20,22,33H,6-17H2,1-5H3,(H,29,36)(H,30,37)(H2,31,32,39)/t20-,22+/m0/s1. The summed E-state index contributed by atoms with van der Waals surface area (Å²) >= 11 is 0. The Bertz CT molecular complexity index is 1140. The number of carbonyl (C=O) groups excluding carboxylic acids is 5. The SMILES string of the molecule is CC(C)NS(=O)(=O)CC1(NC(=O)N[C@H](C(=O)N2CCC[C@H]2C(=O)NCC(=O)C(=O)NC2CC2)C(C)(C)C)CCCCC1. The van der Waals surface area contributed by atoms with E-state index in [0.29, 0.717) is 32.2 Å². The lowest BCUT2D eigenvalue weighted by Gasteiger charge is -2.40. The first-order valence-electron chi connectivity index (χ1n) is 15.0. The number of amides is 5. The molecule has 0 radical (unpaired) electrons. The van der Waals surface area contributed by atoms with E-state index in [1.54, 1.807) is 34.6 Å². The first-order chi connectivity index (χ1) is 19.5. The van der Waals surface area contributed by atoms with Crippen LogP contribution in [0.5, 0.6) is 0 Å². The lowest BCUT2D eigenvalue weighted by Crippen LogP contribution is -2.63. The van der Waals surface area contributed by atoms with Crippen LogP contribution in [0.1, 0.15) is 92.4 Å². The van der Waals surface area contributed by atoms with E-state index in [-0.39, 0.29) is 17.8 Å². The van der Waals surface area contributed by atoms with E-state index in [0.717, 1.165) is 32.1 Å². The molecule has 3 fully saturated rings. The molecule has 5 N–H and O–H groups in total. The van der Waals surface area contributed by atoms with Crippen LogP contribution in [-0.4, -0.2) is 91.4 Å². The topological polar surface area (TPSA) is 183 Å². The van der Waals surface area contributed by atoms with Crippen molar-refractivity contribution in [1.29, 1.82) is 0 Å². The minimum Gasteiger partial charge on any atom is -0.347 e. The molecule has 42 heavy (non-hydrogen) atoms. The van der Waals surface area contributed by atoms with Crippen molar-refractivity contribution in [1.82, 2.24) is 30.9 Å². The third-order valence-corrected chi connectivity index (χ3v) is 9.65. The van der Waals surface area contributed by atoms with Crippen molar-refractivity contribution in [3.63, 3.8) is 0 Å². The van der Waals surface area contributed by atoms with Crippen LogP contribution in [0.25, 0.3) is 0 Å². The summed E-state index contributed by atoms with van der Waals surface area (Å²) in [6.07, 6.45) is 6.10. The molecule has 0 aromatic rings. The zero-order valence-electron chi connectivity index (χ0n) is 25.5. The van der Waals surface area contributed by atoms with Crippen molar-refractivity contribution in [2.24, 2.45) is 5.41 Å². The molecule has 2 aliphatic carbocycles. The van der Waals surface area contributed by atoms with Gasteiger partial charge in [-0.3, -0.25) is 19.2 Å². The number of rotatable bonds is 12. The van der Waals surface area contributed by atoms with Gasteiger partial charge < -0.3 is 26.2 Å². The van der Waals surface area contributed by atoms with Gasteiger partial charge >= 0.3 is 6.03 Å². The molecule has 1 heterocycles. The molecule has 3 aliphatic rings. The average Bonchev–Trinajstić information content (AvgIpc) is 3.54. The van der Waals surface area contributed by atoms with Crippen LogP contribution in [-0.2, 0) is 29.2 Å². The van der Waals surface area contributed by atoms with Gasteiger partial charge in [-0.15, -0.1) is 0 Å². The maximum absolute atomic E-state index is 13.8. The van der Waals surface area contributed by atoms with Gasteiger partial charge in [0.25, 0.3) is 5.91 Å². The van der Waals surface area contributed by atoms with Crippen LogP contribution in [0.4, 0.5) is 4.79 Å². The van der Waals surface area contributed by atoms with Crippen LogP contribution < -0.4 is 26.0 Å². The zero-order valence-corrected chi connectivity index (χ0v) is 26.3. The van der Waals surface area contributed by atoms with Crippen LogP contribution in [0.3, 0.4) is 0 Å². The van der Waals surface area contributed by atoms with E-state index >= 15 is 0 Å². The third-order valence-electron chi connectivity index (χ3n) is 7.89. The number of sulfonamides is 1. The Hall–Kier alpha value is -2.74. The number of ketones is 1. The Morgan fingerprint density at radius 2 is 1.60 bits per heavy atom. The quantitative estimate of drug-likeness (QED) is 0.201. The predicted molar refractivity (Wildman–Crippen MR) is 157 cm³/mol. The molecule has 2 atom stereocenters. The van der Waals surface area contributed by atoms with Gasteiger partial charge in [0.2, 0.25) is 27.6 Å². The van der Waals surface area contributed by atoms with Gasteiger partial charge in [-0.05, 0) is 57.8 Å². The van der Waals surface area contributed by atoms with Gasteiger partial charge in [-0.2, -0.15) is 0 Å². The third kappa shape index (κ3) is 9.65. The summed E-state index contributed by atoms with van der Waals surface area (Å²) in [4.78, 5) is 65.6. The number of nitrogens with one attached hydrogen (secondary N) is 5. The molecule has 1 aliphatic heterocycles. The molecular formula is C28H48N6O7S. The van der Waals surface area contributed by atoms with Gasteiger partial charge in [0.1, 0.15) is 12.1 Å². The molecule has 0 bridgehead atoms. The first kappa shape index (κ1) is 33.8. The number of urea groups is 1. The molecule has 0 aromatic heterocycles. The van der Waals surface area contributed by atoms with Crippen LogP contribution in [0.15, 0.2) is 0 Å². The number of carbonyl (C=O) groups is 5. The second-order valence-electron chi connectivity index (χ2n) is 13.3. The fraction of sp³-hybridized carbons (Fsp3) is 0.821. The van der Waals surface area contributed by atoms with Gasteiger partial charge in [-0.25, -0.2) is 17.9 Å². The van der Waals surface area contributed by atoms with Crippen molar-refractivity contribution < 1.29 is 32.4 Å². The second-order valence-corrected chi connectivity index (χ2v) is 15.1. The number of nitrogens with zero attached hydrogens (tertiary/aromatic N) is 1. The van der Waals surface area contributed by atoms with E-state index in [1.807, 2.05) is 0 Å². The highest BCUT2D eigenvalue weighted by molar-refractivity contribution is 7.89.